The van der Waals surface area contributed by atoms with Gasteiger partial charge in [-0.1, -0.05) is 0 Å². The second-order valence-corrected chi connectivity index (χ2v) is 5.75. The third kappa shape index (κ3) is 3.51. The standard InChI is InChI=1S/C16H18N6O4.ClH/c1-20-14-13(15(24)21(2)16(20)25)22(8-18-14)7-12(23)19-11-6-9(26-3)4-5-10(11)17;/h4-6,8H,7,17H2,1-3H3,(H,19,23);1H. The smallest absolute Gasteiger partial charge is 0.332 e. The van der Waals surface area contributed by atoms with Crippen molar-refractivity contribution in [2.75, 3.05) is 18.2 Å². The number of nitrogens with zero attached hydrogens (tertiary/aromatic N) is 4. The highest BCUT2D eigenvalue weighted by Gasteiger charge is 2.16. The number of aromatic nitrogens is 4. The predicted molar refractivity (Wildman–Crippen MR) is 103 cm³/mol. The Labute approximate surface area is 159 Å². The van der Waals surface area contributed by atoms with E-state index in [9.17, 15) is 14.4 Å². The Morgan fingerprint density at radius 2 is 1.96 bits per heavy atom. The largest absolute Gasteiger partial charge is 0.497 e. The second-order valence-electron chi connectivity index (χ2n) is 5.75. The van der Waals surface area contributed by atoms with Crippen LogP contribution in [0.2, 0.25) is 0 Å². The van der Waals surface area contributed by atoms with E-state index in [1.165, 1.54) is 36.7 Å². The van der Waals surface area contributed by atoms with Gasteiger partial charge in [-0.05, 0) is 12.1 Å². The minimum atomic E-state index is -0.519. The van der Waals surface area contributed by atoms with Crippen molar-refractivity contribution < 1.29 is 9.53 Å². The number of amides is 1. The number of nitrogens with one attached hydrogen (secondary N) is 1. The van der Waals surface area contributed by atoms with Crippen LogP contribution in [-0.2, 0) is 25.4 Å². The molecule has 0 saturated carbocycles. The van der Waals surface area contributed by atoms with Gasteiger partial charge in [-0.2, -0.15) is 0 Å². The number of methoxy groups -OCH3 is 1. The number of fused-ring (bicyclic) bond motifs is 1. The van der Waals surface area contributed by atoms with Crippen LogP contribution in [0.15, 0.2) is 34.1 Å². The Kier molecular flexibility index (Phi) is 5.60. The zero-order valence-corrected chi connectivity index (χ0v) is 15.7. The van der Waals surface area contributed by atoms with Crippen molar-refractivity contribution in [3.05, 3.63) is 45.4 Å². The summed E-state index contributed by atoms with van der Waals surface area (Å²) in [6.07, 6.45) is 1.35. The molecule has 0 fully saturated rings. The van der Waals surface area contributed by atoms with Gasteiger partial charge in [0.1, 0.15) is 12.3 Å². The molecule has 2 heterocycles. The number of nitrogen functional groups attached to an aromatic ring is 1. The number of aryl methyl sites for hydroxylation is 1. The van der Waals surface area contributed by atoms with E-state index < -0.39 is 17.2 Å². The number of carbonyl (C=O) groups is 1. The van der Waals surface area contributed by atoms with Crippen LogP contribution in [0.25, 0.3) is 11.2 Å². The summed E-state index contributed by atoms with van der Waals surface area (Å²) in [6.45, 7) is -0.166. The molecule has 0 aliphatic rings. The Morgan fingerprint density at radius 1 is 1.26 bits per heavy atom. The topological polar surface area (TPSA) is 126 Å². The number of benzene rings is 1. The van der Waals surface area contributed by atoms with E-state index >= 15 is 0 Å². The Balaban J connectivity index is 0.00000261. The fraction of sp³-hybridized carbons (Fsp3) is 0.250. The van der Waals surface area contributed by atoms with Crippen LogP contribution < -0.4 is 27.0 Å². The average Bonchev–Trinajstić information content (AvgIpc) is 3.03. The van der Waals surface area contributed by atoms with Crippen LogP contribution in [0.4, 0.5) is 11.4 Å². The van der Waals surface area contributed by atoms with Crippen molar-refractivity contribution in [2.45, 2.75) is 6.54 Å². The summed E-state index contributed by atoms with van der Waals surface area (Å²) < 4.78 is 8.73. The fourth-order valence-electron chi connectivity index (χ4n) is 2.63. The lowest BCUT2D eigenvalue weighted by Gasteiger charge is -2.11. The molecule has 3 rings (SSSR count). The molecule has 0 aliphatic heterocycles. The van der Waals surface area contributed by atoms with Gasteiger partial charge in [0.2, 0.25) is 5.91 Å². The van der Waals surface area contributed by atoms with E-state index in [-0.39, 0.29) is 30.1 Å². The van der Waals surface area contributed by atoms with Gasteiger partial charge >= 0.3 is 5.69 Å². The molecule has 0 saturated heterocycles. The maximum absolute atomic E-state index is 12.4. The summed E-state index contributed by atoms with van der Waals surface area (Å²) >= 11 is 0. The molecule has 144 valence electrons. The lowest BCUT2D eigenvalue weighted by molar-refractivity contribution is -0.116. The number of anilines is 2. The zero-order valence-electron chi connectivity index (χ0n) is 14.9. The number of hydrogen-bond acceptors (Lipinski definition) is 6. The highest BCUT2D eigenvalue weighted by Crippen LogP contribution is 2.24. The van der Waals surface area contributed by atoms with E-state index in [0.29, 0.717) is 17.1 Å². The Hall–Kier alpha value is -3.27. The minimum absolute atomic E-state index is 0. The zero-order chi connectivity index (χ0) is 19.0. The van der Waals surface area contributed by atoms with Crippen LogP contribution >= 0.6 is 12.4 Å². The number of rotatable bonds is 4. The minimum Gasteiger partial charge on any atom is -0.497 e. The van der Waals surface area contributed by atoms with Crippen molar-refractivity contribution >= 4 is 40.9 Å². The van der Waals surface area contributed by atoms with Gasteiger partial charge in [0.25, 0.3) is 5.56 Å². The summed E-state index contributed by atoms with van der Waals surface area (Å²) in [5.41, 5.74) is 6.02. The number of carbonyl (C=O) groups excluding carboxylic acids is 1. The Morgan fingerprint density at radius 3 is 2.63 bits per heavy atom. The monoisotopic (exact) mass is 394 g/mol. The molecule has 1 aromatic carbocycles. The molecular formula is C16H19ClN6O4. The number of imidazole rings is 1. The molecule has 2 aromatic heterocycles. The van der Waals surface area contributed by atoms with E-state index in [1.54, 1.807) is 18.2 Å². The SMILES string of the molecule is COc1ccc(N)c(NC(=O)Cn2cnc3c2c(=O)n(C)c(=O)n3C)c1.Cl. The van der Waals surface area contributed by atoms with Crippen LogP contribution in [0, 0.1) is 0 Å². The molecule has 10 nitrogen and oxygen atoms in total. The first-order valence-corrected chi connectivity index (χ1v) is 7.67. The van der Waals surface area contributed by atoms with Gasteiger partial charge in [0.15, 0.2) is 11.2 Å². The van der Waals surface area contributed by atoms with E-state index in [4.69, 9.17) is 10.5 Å². The molecule has 0 atom stereocenters. The number of halogens is 1. The molecule has 0 bridgehead atoms. The van der Waals surface area contributed by atoms with Crippen molar-refractivity contribution in [2.24, 2.45) is 14.1 Å². The highest BCUT2D eigenvalue weighted by molar-refractivity contribution is 5.94. The number of hydrogen-bond donors (Lipinski definition) is 2. The van der Waals surface area contributed by atoms with Crippen molar-refractivity contribution in [1.29, 1.82) is 0 Å². The molecule has 3 aromatic rings. The molecule has 0 aliphatic carbocycles. The van der Waals surface area contributed by atoms with Crippen LogP contribution in [0.5, 0.6) is 5.75 Å². The third-order valence-electron chi connectivity index (χ3n) is 4.07. The van der Waals surface area contributed by atoms with Crippen molar-refractivity contribution in [1.82, 2.24) is 18.7 Å². The summed E-state index contributed by atoms with van der Waals surface area (Å²) in [4.78, 5) is 40.8. The van der Waals surface area contributed by atoms with Crippen LogP contribution in [0.3, 0.4) is 0 Å². The van der Waals surface area contributed by atoms with Gasteiger partial charge in [0.05, 0.1) is 24.8 Å². The van der Waals surface area contributed by atoms with E-state index in [2.05, 4.69) is 10.3 Å². The first kappa shape index (κ1) is 20.0. The lowest BCUT2D eigenvalue weighted by atomic mass is 10.2. The average molecular weight is 395 g/mol. The fourth-order valence-corrected chi connectivity index (χ4v) is 2.63. The first-order chi connectivity index (χ1) is 12.3. The Bertz CT molecular complexity index is 1130. The third-order valence-corrected chi connectivity index (χ3v) is 4.07. The summed E-state index contributed by atoms with van der Waals surface area (Å²) in [7, 11) is 4.39. The quantitative estimate of drug-likeness (QED) is 0.604. The number of nitrogens with two attached hydrogens (primary N) is 1. The van der Waals surface area contributed by atoms with Crippen LogP contribution in [-0.4, -0.2) is 31.7 Å². The molecule has 0 unspecified atom stereocenters. The lowest BCUT2D eigenvalue weighted by Crippen LogP contribution is -2.37. The molecule has 0 spiro atoms. The molecule has 1 amide bonds. The molecule has 27 heavy (non-hydrogen) atoms. The molecule has 11 heteroatoms. The normalized spacial score (nSPS) is 10.5. The van der Waals surface area contributed by atoms with Crippen LogP contribution in [0.1, 0.15) is 0 Å². The van der Waals surface area contributed by atoms with Gasteiger partial charge in [-0.25, -0.2) is 9.78 Å². The molecular weight excluding hydrogens is 376 g/mol. The van der Waals surface area contributed by atoms with Crippen molar-refractivity contribution in [3.8, 4) is 5.75 Å². The summed E-state index contributed by atoms with van der Waals surface area (Å²) in [5, 5.41) is 2.68. The number of ether oxygens (including phenoxy) is 1. The predicted octanol–water partition coefficient (Wildman–Crippen LogP) is 0.0850. The van der Waals surface area contributed by atoms with Gasteiger partial charge < -0.3 is 20.4 Å². The summed E-state index contributed by atoms with van der Waals surface area (Å²) in [5.74, 6) is 0.145. The maximum atomic E-state index is 12.4. The maximum Gasteiger partial charge on any atom is 0.332 e. The van der Waals surface area contributed by atoms with Gasteiger partial charge in [-0.15, -0.1) is 12.4 Å². The van der Waals surface area contributed by atoms with E-state index in [0.717, 1.165) is 4.57 Å². The van der Waals surface area contributed by atoms with Gasteiger partial charge in [-0.3, -0.25) is 18.7 Å². The first-order valence-electron chi connectivity index (χ1n) is 7.67. The molecule has 0 radical (unpaired) electrons. The second kappa shape index (κ2) is 7.54. The molecule has 3 N–H and O–H groups in total. The van der Waals surface area contributed by atoms with Crippen molar-refractivity contribution in [3.63, 3.8) is 0 Å². The van der Waals surface area contributed by atoms with Gasteiger partial charge in [0, 0.05) is 20.2 Å². The highest BCUT2D eigenvalue weighted by atomic mass is 35.5. The van der Waals surface area contributed by atoms with E-state index in [1.807, 2.05) is 0 Å². The summed E-state index contributed by atoms with van der Waals surface area (Å²) in [6, 6.07) is 4.90.